The van der Waals surface area contributed by atoms with Crippen LogP contribution < -0.4 is 5.32 Å². The van der Waals surface area contributed by atoms with Crippen LogP contribution in [0.15, 0.2) is 33.9 Å². The number of carbonyl (C=O) groups is 2. The Balaban J connectivity index is 2.10. The molecule has 0 bridgehead atoms. The third-order valence-corrected chi connectivity index (χ3v) is 3.37. The molecule has 0 aliphatic rings. The predicted octanol–water partition coefficient (Wildman–Crippen LogP) is 4.15. The van der Waals surface area contributed by atoms with Gasteiger partial charge in [0.25, 0.3) is 0 Å². The summed E-state index contributed by atoms with van der Waals surface area (Å²) < 4.78 is 48.0. The second kappa shape index (κ2) is 8.55. The molecule has 0 fully saturated rings. The molecule has 1 N–H and O–H groups in total. The number of carbonyl (C=O) groups excluding carboxylic acids is 2. The Labute approximate surface area is 157 Å². The number of anilines is 1. The van der Waals surface area contributed by atoms with Crippen molar-refractivity contribution in [1.29, 1.82) is 0 Å². The summed E-state index contributed by atoms with van der Waals surface area (Å²) in [7, 11) is 0. The van der Waals surface area contributed by atoms with Crippen molar-refractivity contribution in [1.82, 2.24) is 5.16 Å². The van der Waals surface area contributed by atoms with Gasteiger partial charge in [-0.15, -0.1) is 0 Å². The van der Waals surface area contributed by atoms with Gasteiger partial charge in [-0.1, -0.05) is 16.4 Å². The molecule has 2 aromatic rings. The van der Waals surface area contributed by atoms with Crippen molar-refractivity contribution in [2.75, 3.05) is 11.9 Å². The molecule has 1 heterocycles. The van der Waals surface area contributed by atoms with Crippen LogP contribution in [0.1, 0.15) is 41.2 Å². The lowest BCUT2D eigenvalue weighted by atomic mass is 10.1. The number of rotatable bonds is 5. The number of benzene rings is 1. The minimum atomic E-state index is -4.55. The van der Waals surface area contributed by atoms with Gasteiger partial charge in [-0.2, -0.15) is 13.2 Å². The van der Waals surface area contributed by atoms with Crippen LogP contribution in [0, 0.1) is 6.92 Å². The zero-order chi connectivity index (χ0) is 20.9. The van der Waals surface area contributed by atoms with Crippen LogP contribution in [0.3, 0.4) is 0 Å². The van der Waals surface area contributed by atoms with Gasteiger partial charge in [0.2, 0.25) is 0 Å². The van der Waals surface area contributed by atoms with Crippen LogP contribution in [0.2, 0.25) is 0 Å². The van der Waals surface area contributed by atoms with Gasteiger partial charge in [0.1, 0.15) is 11.3 Å². The molecule has 1 aromatic heterocycles. The van der Waals surface area contributed by atoms with E-state index in [4.69, 9.17) is 9.26 Å². The van der Waals surface area contributed by atoms with Gasteiger partial charge in [-0.25, -0.2) is 9.59 Å². The number of hydrogen-bond donors (Lipinski definition) is 1. The van der Waals surface area contributed by atoms with Crippen LogP contribution >= 0.6 is 0 Å². The van der Waals surface area contributed by atoms with Crippen LogP contribution in [-0.4, -0.2) is 29.5 Å². The largest absolute Gasteiger partial charge is 0.462 e. The van der Waals surface area contributed by atoms with Gasteiger partial charge in [0, 0.05) is 5.69 Å². The molecule has 0 spiro atoms. The topological polar surface area (TPSA) is 103 Å². The van der Waals surface area contributed by atoms with Crippen LogP contribution in [0.4, 0.5) is 23.7 Å². The molecule has 2 rings (SSSR count). The average molecular weight is 399 g/mol. The van der Waals surface area contributed by atoms with Crippen molar-refractivity contribution in [3.63, 3.8) is 0 Å². The van der Waals surface area contributed by atoms with Crippen LogP contribution in [0.5, 0.6) is 0 Å². The third-order valence-electron chi connectivity index (χ3n) is 3.37. The Morgan fingerprint density at radius 2 is 2.04 bits per heavy atom. The highest BCUT2D eigenvalue weighted by atomic mass is 19.4. The maximum Gasteiger partial charge on any atom is 0.437 e. The number of amides is 1. The monoisotopic (exact) mass is 399 g/mol. The summed E-state index contributed by atoms with van der Waals surface area (Å²) in [6.07, 6.45) is -5.68. The summed E-state index contributed by atoms with van der Waals surface area (Å²) in [6, 6.07) is 4.00. The molecule has 0 aliphatic carbocycles. The van der Waals surface area contributed by atoms with Gasteiger partial charge in [0.05, 0.1) is 17.9 Å². The van der Waals surface area contributed by atoms with Gasteiger partial charge >= 0.3 is 18.2 Å². The summed E-state index contributed by atoms with van der Waals surface area (Å²) in [6.45, 7) is 4.67. The highest BCUT2D eigenvalue weighted by Gasteiger charge is 2.30. The highest BCUT2D eigenvalue weighted by molar-refractivity contribution is 6.06. The van der Waals surface area contributed by atoms with Crippen molar-refractivity contribution < 1.29 is 36.9 Å². The summed E-state index contributed by atoms with van der Waals surface area (Å²) in [5.41, 5.74) is -0.763. The number of aryl methyl sites for hydroxylation is 1. The molecule has 11 heteroatoms. The number of oxime groups is 1. The fraction of sp³-hybridized carbons (Fsp3) is 0.294. The Morgan fingerprint density at radius 1 is 1.32 bits per heavy atom. The summed E-state index contributed by atoms with van der Waals surface area (Å²) >= 11 is 0. The van der Waals surface area contributed by atoms with E-state index in [1.165, 1.54) is 19.9 Å². The molecule has 1 amide bonds. The zero-order valence-corrected chi connectivity index (χ0v) is 15.1. The Kier molecular flexibility index (Phi) is 6.39. The van der Waals surface area contributed by atoms with Gasteiger partial charge in [-0.3, -0.25) is 10.2 Å². The normalized spacial score (nSPS) is 11.9. The van der Waals surface area contributed by atoms with Gasteiger partial charge < -0.3 is 9.26 Å². The Hall–Kier alpha value is -3.37. The smallest absolute Gasteiger partial charge is 0.437 e. The molecule has 150 valence electrons. The molecular weight excluding hydrogens is 383 g/mol. The van der Waals surface area contributed by atoms with Crippen molar-refractivity contribution in [3.05, 3.63) is 46.8 Å². The van der Waals surface area contributed by atoms with Crippen molar-refractivity contribution >= 4 is 23.5 Å². The molecule has 0 aliphatic heterocycles. The van der Waals surface area contributed by atoms with E-state index in [9.17, 15) is 22.8 Å². The molecule has 0 unspecified atom stereocenters. The van der Waals surface area contributed by atoms with Crippen molar-refractivity contribution in [2.24, 2.45) is 5.16 Å². The first-order valence-electron chi connectivity index (χ1n) is 7.97. The molecule has 0 saturated carbocycles. The SMILES string of the molecule is CCOC(=O)c1c(C)noc1/C(C)=N\OC(=O)Nc1cccc(C(F)(F)F)c1. The third kappa shape index (κ3) is 5.09. The number of nitrogens with one attached hydrogen (secondary N) is 1. The van der Waals surface area contributed by atoms with E-state index < -0.39 is 23.8 Å². The minimum Gasteiger partial charge on any atom is -0.462 e. The molecule has 1 aromatic carbocycles. The second-order valence-corrected chi connectivity index (χ2v) is 5.45. The predicted molar refractivity (Wildman–Crippen MR) is 91.0 cm³/mol. The van der Waals surface area contributed by atoms with Crippen LogP contribution in [0.25, 0.3) is 0 Å². The zero-order valence-electron chi connectivity index (χ0n) is 15.1. The van der Waals surface area contributed by atoms with E-state index in [2.05, 4.69) is 20.5 Å². The second-order valence-electron chi connectivity index (χ2n) is 5.45. The van der Waals surface area contributed by atoms with E-state index in [0.717, 1.165) is 18.2 Å². The molecule has 0 atom stereocenters. The van der Waals surface area contributed by atoms with E-state index in [1.807, 2.05) is 0 Å². The van der Waals surface area contributed by atoms with E-state index >= 15 is 0 Å². The number of aromatic nitrogens is 1. The standard InChI is InChI=1S/C17H16F3N3O5/c1-4-26-15(24)13-9(2)22-27-14(13)10(3)23-28-16(25)21-12-7-5-6-11(8-12)17(18,19)20/h5-8H,4H2,1-3H3,(H,21,25)/b23-10-. The van der Waals surface area contributed by atoms with Crippen molar-refractivity contribution in [2.45, 2.75) is 26.9 Å². The molecule has 8 nitrogen and oxygen atoms in total. The number of halogens is 3. The van der Waals surface area contributed by atoms with Crippen molar-refractivity contribution in [3.8, 4) is 0 Å². The lowest BCUT2D eigenvalue weighted by Gasteiger charge is -2.09. The van der Waals surface area contributed by atoms with E-state index in [0.29, 0.717) is 0 Å². The summed E-state index contributed by atoms with van der Waals surface area (Å²) in [5.74, 6) is -0.734. The quantitative estimate of drug-likeness (QED) is 0.351. The number of esters is 1. The fourth-order valence-electron chi connectivity index (χ4n) is 2.13. The van der Waals surface area contributed by atoms with Gasteiger partial charge in [-0.05, 0) is 39.0 Å². The molecule has 0 radical (unpaired) electrons. The number of ether oxygens (including phenoxy) is 1. The molecule has 28 heavy (non-hydrogen) atoms. The Morgan fingerprint density at radius 3 is 2.68 bits per heavy atom. The fourth-order valence-corrected chi connectivity index (χ4v) is 2.13. The van der Waals surface area contributed by atoms with Gasteiger partial charge in [0.15, 0.2) is 5.76 Å². The highest BCUT2D eigenvalue weighted by Crippen LogP contribution is 2.30. The summed E-state index contributed by atoms with van der Waals surface area (Å²) in [5, 5.41) is 9.29. The first-order chi connectivity index (χ1) is 13.1. The number of hydrogen-bond acceptors (Lipinski definition) is 7. The van der Waals surface area contributed by atoms with E-state index in [-0.39, 0.29) is 35.0 Å². The number of nitrogens with zero attached hydrogens (tertiary/aromatic N) is 2. The molecule has 0 saturated heterocycles. The Bertz CT molecular complexity index is 906. The first-order valence-corrected chi connectivity index (χ1v) is 7.97. The average Bonchev–Trinajstić information content (AvgIpc) is 3.01. The van der Waals surface area contributed by atoms with Crippen LogP contribution in [-0.2, 0) is 15.8 Å². The minimum absolute atomic E-state index is 0.00263. The molecular formula is C17H16F3N3O5. The lowest BCUT2D eigenvalue weighted by molar-refractivity contribution is -0.137. The first kappa shape index (κ1) is 20.9. The maximum atomic E-state index is 12.7. The number of alkyl halides is 3. The summed E-state index contributed by atoms with van der Waals surface area (Å²) in [4.78, 5) is 28.3. The maximum absolute atomic E-state index is 12.7. The van der Waals surface area contributed by atoms with E-state index in [1.54, 1.807) is 6.92 Å². The lowest BCUT2D eigenvalue weighted by Crippen LogP contribution is -2.14.